The molecule has 1 heterocycles. The fraction of sp³-hybridized carbons (Fsp3) is 0.941. The van der Waals surface area contributed by atoms with Crippen molar-refractivity contribution in [2.75, 3.05) is 19.6 Å². The minimum Gasteiger partial charge on any atom is -0.352 e. The Morgan fingerprint density at radius 2 is 2.10 bits per heavy atom. The molecule has 0 spiro atoms. The lowest BCUT2D eigenvalue weighted by atomic mass is 9.84. The van der Waals surface area contributed by atoms with Crippen LogP contribution in [0.15, 0.2) is 0 Å². The molecule has 3 rings (SSSR count). The Labute approximate surface area is 128 Å². The van der Waals surface area contributed by atoms with Gasteiger partial charge in [-0.3, -0.25) is 9.69 Å². The Morgan fingerprint density at radius 3 is 2.71 bits per heavy atom. The third kappa shape index (κ3) is 3.59. The summed E-state index contributed by atoms with van der Waals surface area (Å²) in [5, 5.41) is 3.26. The van der Waals surface area contributed by atoms with E-state index in [0.717, 1.165) is 37.3 Å². The van der Waals surface area contributed by atoms with E-state index in [9.17, 15) is 4.79 Å². The normalized spacial score (nSPS) is 41.2. The fourth-order valence-electron chi connectivity index (χ4n) is 5.16. The average Bonchev–Trinajstić information content (AvgIpc) is 2.99. The van der Waals surface area contributed by atoms with Gasteiger partial charge < -0.3 is 11.1 Å². The van der Waals surface area contributed by atoms with Gasteiger partial charge in [0.25, 0.3) is 0 Å². The Hall–Kier alpha value is -0.610. The van der Waals surface area contributed by atoms with Gasteiger partial charge in [-0.2, -0.15) is 0 Å². The Balaban J connectivity index is 1.45. The molecule has 2 aliphatic carbocycles. The predicted octanol–water partition coefficient (Wildman–Crippen LogP) is 1.60. The van der Waals surface area contributed by atoms with Gasteiger partial charge in [0.05, 0.1) is 6.54 Å². The van der Waals surface area contributed by atoms with Crippen molar-refractivity contribution in [3.8, 4) is 0 Å². The number of nitrogens with zero attached hydrogens (tertiary/aromatic N) is 1. The van der Waals surface area contributed by atoms with Crippen LogP contribution in [0.4, 0.5) is 0 Å². The number of hydrogen-bond acceptors (Lipinski definition) is 3. The summed E-state index contributed by atoms with van der Waals surface area (Å²) in [7, 11) is 0. The number of nitrogens with two attached hydrogens (primary N) is 1. The van der Waals surface area contributed by atoms with E-state index in [0.29, 0.717) is 18.5 Å². The first-order valence-electron chi connectivity index (χ1n) is 8.78. The van der Waals surface area contributed by atoms with Gasteiger partial charge in [-0.15, -0.1) is 0 Å². The first-order chi connectivity index (χ1) is 10.0. The molecular formula is C17H31N3O. The minimum absolute atomic E-state index is 0.187. The first kappa shape index (κ1) is 15.3. The van der Waals surface area contributed by atoms with Crippen molar-refractivity contribution in [1.29, 1.82) is 0 Å². The van der Waals surface area contributed by atoms with Gasteiger partial charge in [0, 0.05) is 25.2 Å². The summed E-state index contributed by atoms with van der Waals surface area (Å²) in [5.41, 5.74) is 6.06. The van der Waals surface area contributed by atoms with E-state index in [4.69, 9.17) is 5.73 Å². The molecule has 4 nitrogen and oxygen atoms in total. The number of hydrogen-bond donors (Lipinski definition) is 2. The number of fused-ring (bicyclic) bond motifs is 2. The fourth-order valence-corrected chi connectivity index (χ4v) is 5.16. The highest BCUT2D eigenvalue weighted by Gasteiger charge is 2.42. The Morgan fingerprint density at radius 1 is 1.29 bits per heavy atom. The van der Waals surface area contributed by atoms with Crippen LogP contribution in [0.3, 0.4) is 0 Å². The van der Waals surface area contributed by atoms with Crippen molar-refractivity contribution in [1.82, 2.24) is 10.2 Å². The maximum absolute atomic E-state index is 12.3. The molecule has 0 aromatic rings. The van der Waals surface area contributed by atoms with Crippen molar-refractivity contribution >= 4 is 5.91 Å². The van der Waals surface area contributed by atoms with E-state index in [2.05, 4.69) is 24.1 Å². The molecule has 0 aromatic carbocycles. The SMILES string of the molecule is CC1CC(N)CN(CC(=O)NC(C)C2CC3CCC2C3)C1. The number of amides is 1. The second-order valence-corrected chi connectivity index (χ2v) is 7.99. The molecule has 120 valence electrons. The van der Waals surface area contributed by atoms with Crippen LogP contribution in [0, 0.1) is 23.7 Å². The molecule has 1 amide bonds. The van der Waals surface area contributed by atoms with E-state index in [1.807, 2.05) is 0 Å². The van der Waals surface area contributed by atoms with Gasteiger partial charge >= 0.3 is 0 Å². The number of carbonyl (C=O) groups is 1. The van der Waals surface area contributed by atoms with Crippen LogP contribution in [0.25, 0.3) is 0 Å². The third-order valence-electron chi connectivity index (χ3n) is 5.96. The molecule has 3 N–H and O–H groups in total. The van der Waals surface area contributed by atoms with Gasteiger partial charge in [-0.25, -0.2) is 0 Å². The molecule has 1 aliphatic heterocycles. The summed E-state index contributed by atoms with van der Waals surface area (Å²) in [6, 6.07) is 0.563. The number of piperidine rings is 1. The Bertz CT molecular complexity index is 376. The third-order valence-corrected chi connectivity index (χ3v) is 5.96. The summed E-state index contributed by atoms with van der Waals surface area (Å²) in [6.45, 7) is 6.81. The Kier molecular flexibility index (Phi) is 4.55. The quantitative estimate of drug-likeness (QED) is 0.828. The molecule has 3 fully saturated rings. The van der Waals surface area contributed by atoms with Crippen LogP contribution in [0.5, 0.6) is 0 Å². The van der Waals surface area contributed by atoms with E-state index in [-0.39, 0.29) is 11.9 Å². The summed E-state index contributed by atoms with van der Waals surface area (Å²) in [5.74, 6) is 3.32. The van der Waals surface area contributed by atoms with Crippen LogP contribution >= 0.6 is 0 Å². The molecule has 2 saturated carbocycles. The number of likely N-dealkylation sites (tertiary alicyclic amines) is 1. The van der Waals surface area contributed by atoms with Gasteiger partial charge in [0.1, 0.15) is 0 Å². The zero-order chi connectivity index (χ0) is 15.0. The van der Waals surface area contributed by atoms with E-state index in [1.165, 1.54) is 25.7 Å². The summed E-state index contributed by atoms with van der Waals surface area (Å²) in [4.78, 5) is 14.5. The van der Waals surface area contributed by atoms with Gasteiger partial charge in [0.2, 0.25) is 5.91 Å². The highest BCUT2D eigenvalue weighted by molar-refractivity contribution is 5.78. The lowest BCUT2D eigenvalue weighted by molar-refractivity contribution is -0.123. The van der Waals surface area contributed by atoms with Crippen LogP contribution in [-0.4, -0.2) is 42.5 Å². The zero-order valence-electron chi connectivity index (χ0n) is 13.6. The standard InChI is InChI=1S/C17H31N3O/c1-11-5-15(18)9-20(8-11)10-17(21)19-12(2)16-7-13-3-4-14(16)6-13/h11-16H,3-10,18H2,1-2H3,(H,19,21). The number of carbonyl (C=O) groups excluding carboxylic acids is 1. The molecular weight excluding hydrogens is 262 g/mol. The molecule has 6 unspecified atom stereocenters. The molecule has 2 bridgehead atoms. The first-order valence-corrected chi connectivity index (χ1v) is 8.78. The van der Waals surface area contributed by atoms with Gasteiger partial charge in [-0.05, 0) is 56.3 Å². The van der Waals surface area contributed by atoms with Crippen molar-refractivity contribution in [2.24, 2.45) is 29.4 Å². The summed E-state index contributed by atoms with van der Waals surface area (Å²) in [6.07, 6.45) is 6.63. The molecule has 6 atom stereocenters. The van der Waals surface area contributed by atoms with Crippen LogP contribution in [0.2, 0.25) is 0 Å². The average molecular weight is 293 g/mol. The molecule has 1 saturated heterocycles. The molecule has 21 heavy (non-hydrogen) atoms. The maximum atomic E-state index is 12.3. The monoisotopic (exact) mass is 293 g/mol. The second-order valence-electron chi connectivity index (χ2n) is 7.99. The van der Waals surface area contributed by atoms with Crippen LogP contribution in [0.1, 0.15) is 46.0 Å². The van der Waals surface area contributed by atoms with E-state index >= 15 is 0 Å². The maximum Gasteiger partial charge on any atom is 0.234 e. The van der Waals surface area contributed by atoms with Gasteiger partial charge in [-0.1, -0.05) is 13.3 Å². The van der Waals surface area contributed by atoms with Crippen LogP contribution < -0.4 is 11.1 Å². The largest absolute Gasteiger partial charge is 0.352 e. The summed E-state index contributed by atoms with van der Waals surface area (Å²) >= 11 is 0. The molecule has 0 radical (unpaired) electrons. The van der Waals surface area contributed by atoms with E-state index < -0.39 is 0 Å². The van der Waals surface area contributed by atoms with Crippen molar-refractivity contribution in [3.05, 3.63) is 0 Å². The smallest absolute Gasteiger partial charge is 0.234 e. The number of rotatable bonds is 4. The number of nitrogens with one attached hydrogen (secondary N) is 1. The zero-order valence-corrected chi connectivity index (χ0v) is 13.6. The highest BCUT2D eigenvalue weighted by Crippen LogP contribution is 2.49. The lowest BCUT2D eigenvalue weighted by Gasteiger charge is -2.35. The molecule has 0 aromatic heterocycles. The van der Waals surface area contributed by atoms with Crippen molar-refractivity contribution < 1.29 is 4.79 Å². The lowest BCUT2D eigenvalue weighted by Crippen LogP contribution is -2.51. The molecule has 4 heteroatoms. The van der Waals surface area contributed by atoms with Crippen molar-refractivity contribution in [3.63, 3.8) is 0 Å². The van der Waals surface area contributed by atoms with Crippen LogP contribution in [-0.2, 0) is 4.79 Å². The van der Waals surface area contributed by atoms with Crippen molar-refractivity contribution in [2.45, 2.75) is 58.0 Å². The van der Waals surface area contributed by atoms with E-state index in [1.54, 1.807) is 0 Å². The highest BCUT2D eigenvalue weighted by atomic mass is 16.2. The van der Waals surface area contributed by atoms with Gasteiger partial charge in [0.15, 0.2) is 0 Å². The minimum atomic E-state index is 0.187. The second kappa shape index (κ2) is 6.25. The summed E-state index contributed by atoms with van der Waals surface area (Å²) < 4.78 is 0. The predicted molar refractivity (Wildman–Crippen MR) is 84.7 cm³/mol. The molecule has 3 aliphatic rings. The topological polar surface area (TPSA) is 58.4 Å².